The molecule has 0 saturated heterocycles. The van der Waals surface area contributed by atoms with E-state index in [0.717, 1.165) is 18.5 Å². The molecule has 0 bridgehead atoms. The summed E-state index contributed by atoms with van der Waals surface area (Å²) in [5.74, 6) is -0.956. The Morgan fingerprint density at radius 3 is 2.65 bits per heavy atom. The van der Waals surface area contributed by atoms with Gasteiger partial charge in [-0.25, -0.2) is 8.78 Å². The summed E-state index contributed by atoms with van der Waals surface area (Å²) in [5, 5.41) is 5.97. The van der Waals surface area contributed by atoms with Crippen molar-refractivity contribution in [3.63, 3.8) is 0 Å². The van der Waals surface area contributed by atoms with E-state index in [0.29, 0.717) is 36.9 Å². The Kier molecular flexibility index (Phi) is 5.30. The molecule has 0 atom stereocenters. The maximum atomic E-state index is 14.8. The van der Waals surface area contributed by atoms with Crippen molar-refractivity contribution < 1.29 is 13.6 Å². The molecule has 3 nitrogen and oxygen atoms in total. The van der Waals surface area contributed by atoms with Crippen LogP contribution in [0.4, 0.5) is 14.5 Å². The molecular weight excluding hydrogens is 358 g/mol. The highest BCUT2D eigenvalue weighted by Gasteiger charge is 2.46. The standard InChI is InChI=1S/C20H20F2N2O.ClH/c21-15-4-1-3-14(11-15)20(8-2-9-20)19(25)24-17-6-5-13-12-23-10-7-16(13)18(17)22;/h1,3-6,11,23H,2,7-10,12H2,(H,24,25);1H. The van der Waals surface area contributed by atoms with Gasteiger partial charge in [0.15, 0.2) is 0 Å². The molecule has 138 valence electrons. The Labute approximate surface area is 157 Å². The summed E-state index contributed by atoms with van der Waals surface area (Å²) in [6.07, 6.45) is 2.82. The number of rotatable bonds is 3. The minimum atomic E-state index is -0.758. The highest BCUT2D eigenvalue weighted by atomic mass is 35.5. The average molecular weight is 379 g/mol. The molecule has 2 aromatic carbocycles. The zero-order chi connectivity index (χ0) is 17.4. The summed E-state index contributed by atoms with van der Waals surface area (Å²) >= 11 is 0. The Morgan fingerprint density at radius 1 is 1.15 bits per heavy atom. The van der Waals surface area contributed by atoms with Gasteiger partial charge in [0.25, 0.3) is 0 Å². The minimum Gasteiger partial charge on any atom is -0.323 e. The molecule has 0 unspecified atom stereocenters. The molecule has 1 saturated carbocycles. The van der Waals surface area contributed by atoms with Gasteiger partial charge in [0, 0.05) is 6.54 Å². The van der Waals surface area contributed by atoms with Crippen molar-refractivity contribution in [2.45, 2.75) is 37.6 Å². The van der Waals surface area contributed by atoms with Crippen molar-refractivity contribution >= 4 is 24.0 Å². The number of fused-ring (bicyclic) bond motifs is 1. The lowest BCUT2D eigenvalue weighted by Crippen LogP contribution is -2.46. The third-order valence-electron chi connectivity index (χ3n) is 5.47. The van der Waals surface area contributed by atoms with Crippen LogP contribution < -0.4 is 10.6 Å². The second kappa shape index (κ2) is 7.33. The predicted molar refractivity (Wildman–Crippen MR) is 99.6 cm³/mol. The summed E-state index contributed by atoms with van der Waals surface area (Å²) in [6.45, 7) is 1.38. The zero-order valence-corrected chi connectivity index (χ0v) is 15.1. The van der Waals surface area contributed by atoms with Gasteiger partial charge in [0.1, 0.15) is 11.6 Å². The molecule has 2 N–H and O–H groups in total. The van der Waals surface area contributed by atoms with E-state index in [9.17, 15) is 13.6 Å². The zero-order valence-electron chi connectivity index (χ0n) is 14.3. The lowest BCUT2D eigenvalue weighted by atomic mass is 9.63. The molecule has 1 heterocycles. The van der Waals surface area contributed by atoms with Gasteiger partial charge in [0.05, 0.1) is 11.1 Å². The van der Waals surface area contributed by atoms with E-state index in [2.05, 4.69) is 10.6 Å². The predicted octanol–water partition coefficient (Wildman–Crippen LogP) is 4.09. The molecule has 1 fully saturated rings. The Hall–Kier alpha value is -1.98. The number of hydrogen-bond acceptors (Lipinski definition) is 2. The van der Waals surface area contributed by atoms with Crippen molar-refractivity contribution in [2.75, 3.05) is 11.9 Å². The number of anilines is 1. The summed E-state index contributed by atoms with van der Waals surface area (Å²) in [7, 11) is 0. The fourth-order valence-corrected chi connectivity index (χ4v) is 3.84. The Balaban J connectivity index is 0.00000196. The van der Waals surface area contributed by atoms with Gasteiger partial charge in [-0.1, -0.05) is 24.6 Å². The lowest BCUT2D eigenvalue weighted by molar-refractivity contribution is -0.124. The van der Waals surface area contributed by atoms with Gasteiger partial charge >= 0.3 is 0 Å². The molecule has 6 heteroatoms. The van der Waals surface area contributed by atoms with Crippen LogP contribution in [0.1, 0.15) is 36.0 Å². The second-order valence-electron chi connectivity index (χ2n) is 6.89. The SMILES string of the molecule is Cl.O=C(Nc1ccc2c(c1F)CCNC2)C1(c2cccc(F)c2)CCC1. The maximum absolute atomic E-state index is 14.8. The van der Waals surface area contributed by atoms with Gasteiger partial charge in [-0.05, 0) is 60.7 Å². The number of nitrogens with one attached hydrogen (secondary N) is 2. The van der Waals surface area contributed by atoms with E-state index < -0.39 is 5.41 Å². The summed E-state index contributed by atoms with van der Waals surface area (Å²) < 4.78 is 28.4. The molecule has 0 spiro atoms. The molecule has 0 aromatic heterocycles. The molecule has 4 rings (SSSR count). The number of hydrogen-bond donors (Lipinski definition) is 2. The topological polar surface area (TPSA) is 41.1 Å². The summed E-state index contributed by atoms with van der Waals surface area (Å²) in [4.78, 5) is 12.9. The number of benzene rings is 2. The minimum absolute atomic E-state index is 0. The lowest BCUT2D eigenvalue weighted by Gasteiger charge is -2.40. The van der Waals surface area contributed by atoms with Crippen LogP contribution in [0.3, 0.4) is 0 Å². The van der Waals surface area contributed by atoms with Crippen LogP contribution in [0.25, 0.3) is 0 Å². The number of carbonyl (C=O) groups is 1. The number of halogens is 3. The first-order chi connectivity index (χ1) is 12.1. The molecule has 1 aliphatic heterocycles. The second-order valence-corrected chi connectivity index (χ2v) is 6.89. The van der Waals surface area contributed by atoms with Crippen LogP contribution in [0.2, 0.25) is 0 Å². The molecule has 2 aliphatic rings. The van der Waals surface area contributed by atoms with E-state index in [-0.39, 0.29) is 35.6 Å². The highest BCUT2D eigenvalue weighted by Crippen LogP contribution is 2.45. The van der Waals surface area contributed by atoms with E-state index in [4.69, 9.17) is 0 Å². The fraction of sp³-hybridized carbons (Fsp3) is 0.350. The first-order valence-corrected chi connectivity index (χ1v) is 8.69. The smallest absolute Gasteiger partial charge is 0.235 e. The van der Waals surface area contributed by atoms with Gasteiger partial charge < -0.3 is 10.6 Å². The molecule has 1 amide bonds. The molecule has 1 aliphatic carbocycles. The summed E-state index contributed by atoms with van der Waals surface area (Å²) in [5.41, 5.74) is 1.73. The highest BCUT2D eigenvalue weighted by molar-refractivity contribution is 6.00. The first-order valence-electron chi connectivity index (χ1n) is 8.69. The largest absolute Gasteiger partial charge is 0.323 e. The van der Waals surface area contributed by atoms with Crippen molar-refractivity contribution in [1.82, 2.24) is 5.32 Å². The van der Waals surface area contributed by atoms with Crippen molar-refractivity contribution in [3.8, 4) is 0 Å². The quantitative estimate of drug-likeness (QED) is 0.844. The van der Waals surface area contributed by atoms with E-state index in [1.165, 1.54) is 12.1 Å². The van der Waals surface area contributed by atoms with Crippen molar-refractivity contribution in [3.05, 3.63) is 64.7 Å². The van der Waals surface area contributed by atoms with Crippen LogP contribution in [0.5, 0.6) is 0 Å². The molecule has 2 aromatic rings. The maximum Gasteiger partial charge on any atom is 0.235 e. The van der Waals surface area contributed by atoms with E-state index in [1.807, 2.05) is 6.07 Å². The van der Waals surface area contributed by atoms with Gasteiger partial charge in [-0.15, -0.1) is 12.4 Å². The first kappa shape index (κ1) is 18.8. The van der Waals surface area contributed by atoms with Gasteiger partial charge in [-0.3, -0.25) is 4.79 Å². The monoisotopic (exact) mass is 378 g/mol. The van der Waals surface area contributed by atoms with Crippen LogP contribution in [-0.2, 0) is 23.2 Å². The Morgan fingerprint density at radius 2 is 1.96 bits per heavy atom. The Bertz CT molecular complexity index is 837. The normalized spacial score (nSPS) is 17.5. The third-order valence-corrected chi connectivity index (χ3v) is 5.47. The van der Waals surface area contributed by atoms with E-state index >= 15 is 0 Å². The summed E-state index contributed by atoms with van der Waals surface area (Å²) in [6, 6.07) is 9.65. The van der Waals surface area contributed by atoms with Crippen LogP contribution in [-0.4, -0.2) is 12.5 Å². The van der Waals surface area contributed by atoms with Crippen LogP contribution in [0, 0.1) is 11.6 Å². The van der Waals surface area contributed by atoms with Gasteiger partial charge in [0.2, 0.25) is 5.91 Å². The van der Waals surface area contributed by atoms with Crippen LogP contribution in [0.15, 0.2) is 36.4 Å². The average Bonchev–Trinajstić information content (AvgIpc) is 2.57. The number of amides is 1. The fourth-order valence-electron chi connectivity index (χ4n) is 3.84. The van der Waals surface area contributed by atoms with Gasteiger partial charge in [-0.2, -0.15) is 0 Å². The molecule has 26 heavy (non-hydrogen) atoms. The van der Waals surface area contributed by atoms with Crippen LogP contribution >= 0.6 is 12.4 Å². The van der Waals surface area contributed by atoms with Crippen molar-refractivity contribution in [2.24, 2.45) is 0 Å². The molecule has 0 radical (unpaired) electrons. The number of carbonyl (C=O) groups excluding carboxylic acids is 1. The molecular formula is C20H21ClF2N2O. The van der Waals surface area contributed by atoms with Crippen molar-refractivity contribution in [1.29, 1.82) is 0 Å². The van der Waals surface area contributed by atoms with E-state index in [1.54, 1.807) is 18.2 Å². The third kappa shape index (κ3) is 3.10.